The summed E-state index contributed by atoms with van der Waals surface area (Å²) in [6.45, 7) is -0.799. The average molecular weight is 536 g/mol. The van der Waals surface area contributed by atoms with Crippen molar-refractivity contribution in [3.05, 3.63) is 71.9 Å². The monoisotopic (exact) mass is 536 g/mol. The van der Waals surface area contributed by atoms with Gasteiger partial charge in [0.2, 0.25) is 11.8 Å². The van der Waals surface area contributed by atoms with Gasteiger partial charge < -0.3 is 35.4 Å². The third-order valence-corrected chi connectivity index (χ3v) is 5.35. The van der Waals surface area contributed by atoms with Crippen LogP contribution in [0.25, 0.3) is 0 Å². The van der Waals surface area contributed by atoms with Gasteiger partial charge in [0.15, 0.2) is 11.8 Å². The second-order valence-electron chi connectivity index (χ2n) is 7.90. The second-order valence-corrected chi connectivity index (χ2v) is 7.90. The largest absolute Gasteiger partial charge is 1.00 e. The zero-order chi connectivity index (χ0) is 26.9. The van der Waals surface area contributed by atoms with Crippen molar-refractivity contribution in [2.24, 2.45) is 11.8 Å². The van der Waals surface area contributed by atoms with E-state index in [1.54, 1.807) is 54.7 Å². The molecule has 202 valence electrons. The van der Waals surface area contributed by atoms with Crippen LogP contribution < -0.4 is 29.5 Å². The predicted octanol–water partition coefficient (Wildman–Crippen LogP) is -3.52. The summed E-state index contributed by atoms with van der Waals surface area (Å²) in [7, 11) is 1.22. The minimum atomic E-state index is -1.17. The number of ether oxygens (including phenoxy) is 3. The van der Waals surface area contributed by atoms with Crippen LogP contribution in [0.4, 0.5) is 0 Å². The molecule has 0 aromatic rings. The minimum Gasteiger partial charge on any atom is -0.870 e. The Morgan fingerprint density at radius 3 is 1.67 bits per heavy atom. The van der Waals surface area contributed by atoms with Crippen LogP contribution >= 0.6 is 0 Å². The molecule has 0 saturated heterocycles. The molecule has 13 nitrogen and oxygen atoms in total. The van der Waals surface area contributed by atoms with Crippen molar-refractivity contribution in [2.45, 2.75) is 12.2 Å². The fraction of sp³-hybridized carbons (Fsp3) is 0.280. The fourth-order valence-electron chi connectivity index (χ4n) is 3.49. The summed E-state index contributed by atoms with van der Waals surface area (Å²) < 4.78 is 14.6. The van der Waals surface area contributed by atoms with Crippen LogP contribution in [0.3, 0.4) is 0 Å². The van der Waals surface area contributed by atoms with E-state index < -0.39 is 66.3 Å². The molecule has 4 atom stereocenters. The van der Waals surface area contributed by atoms with Gasteiger partial charge in [-0.05, 0) is 23.3 Å². The molecule has 0 bridgehead atoms. The number of carboxylic acid groups (broad SMARTS) is 1. The Balaban J connectivity index is 0.000000371. The van der Waals surface area contributed by atoms with E-state index in [9.17, 15) is 28.8 Å². The van der Waals surface area contributed by atoms with Gasteiger partial charge in [-0.1, -0.05) is 48.6 Å². The minimum absolute atomic E-state index is 0. The van der Waals surface area contributed by atoms with E-state index in [0.29, 0.717) is 5.57 Å². The Morgan fingerprint density at radius 2 is 1.26 bits per heavy atom. The number of hydrogen-bond donors (Lipinski definition) is 3. The number of hydrogen-bond acceptors (Lipinski definition) is 10. The Kier molecular flexibility index (Phi) is 12.9. The number of nitrogens with one attached hydrogen (secondary N) is 2. The van der Waals surface area contributed by atoms with E-state index in [1.165, 1.54) is 13.2 Å². The zero-order valence-corrected chi connectivity index (χ0v) is 21.1. The Labute approximate surface area is 234 Å². The summed E-state index contributed by atoms with van der Waals surface area (Å²) >= 11 is 0. The number of methoxy groups -OCH3 is 1. The average Bonchev–Trinajstić information content (AvgIpc) is 2.89. The van der Waals surface area contributed by atoms with Crippen LogP contribution in [-0.2, 0) is 43.0 Å². The van der Waals surface area contributed by atoms with Crippen LogP contribution in [0.5, 0.6) is 0 Å². The van der Waals surface area contributed by atoms with Gasteiger partial charge in [-0.3, -0.25) is 28.8 Å². The first-order valence-electron chi connectivity index (χ1n) is 11.1. The third-order valence-electron chi connectivity index (χ3n) is 5.35. The molecule has 2 aliphatic carbocycles. The summed E-state index contributed by atoms with van der Waals surface area (Å²) in [5.41, 5.74) is 1.47. The summed E-state index contributed by atoms with van der Waals surface area (Å²) in [4.78, 5) is 68.0. The van der Waals surface area contributed by atoms with Crippen LogP contribution in [-0.4, -0.2) is 78.7 Å². The van der Waals surface area contributed by atoms with Gasteiger partial charge in [-0.2, -0.15) is 0 Å². The number of carboxylic acids is 1. The summed E-state index contributed by atoms with van der Waals surface area (Å²) in [6.07, 6.45) is 16.2. The SMILES string of the molecule is COC(=O)CNC(=O)C1C=C2C=CC=CC2OC1=O.O=C(O)CNC(=O)C1C=C2C=CC=CC2OC1=O.[Li+].[OH-]. The van der Waals surface area contributed by atoms with Gasteiger partial charge in [0.25, 0.3) is 0 Å². The molecule has 0 aromatic carbocycles. The normalized spacial score (nSPS) is 23.2. The molecule has 4 rings (SSSR count). The molecule has 4 unspecified atom stereocenters. The maximum Gasteiger partial charge on any atom is 1.00 e. The quantitative estimate of drug-likeness (QED) is 0.131. The standard InChI is InChI=1S/C13H13NO5.C12H11NO5.Li.H2O/c1-18-11(15)7-14-12(16)9-6-8-4-2-3-5-10(8)19-13(9)17;14-10(15)6-13-11(16)8-5-7-3-1-2-4-9(7)18-12(8)17;;/h2-6,9-10H,7H2,1H3,(H,14,16);1-5,8-9H,6H2,(H,13,16)(H,14,15);;1H2/q;;+1;/p-1. The number of carbonyl (C=O) groups is 6. The van der Waals surface area contributed by atoms with Crippen LogP contribution in [0.15, 0.2) is 71.9 Å². The molecule has 0 spiro atoms. The summed E-state index contributed by atoms with van der Waals surface area (Å²) in [6, 6.07) is 0. The van der Waals surface area contributed by atoms with Gasteiger partial charge >= 0.3 is 42.7 Å². The number of allylic oxidation sites excluding steroid dienone is 4. The van der Waals surface area contributed by atoms with E-state index in [0.717, 1.165) is 5.57 Å². The van der Waals surface area contributed by atoms with Gasteiger partial charge in [0.05, 0.1) is 7.11 Å². The number of aliphatic carboxylic acids is 1. The van der Waals surface area contributed by atoms with E-state index in [4.69, 9.17) is 14.6 Å². The van der Waals surface area contributed by atoms with Crippen molar-refractivity contribution >= 4 is 35.7 Å². The smallest absolute Gasteiger partial charge is 0.870 e. The van der Waals surface area contributed by atoms with E-state index >= 15 is 0 Å². The number of rotatable bonds is 6. The second kappa shape index (κ2) is 15.3. The number of carbonyl (C=O) groups excluding carboxylic acids is 5. The first-order chi connectivity index (χ1) is 17.7. The maximum atomic E-state index is 11.8. The molecular formula is C25H25LiN2O11. The van der Waals surface area contributed by atoms with Crippen molar-refractivity contribution in [3.8, 4) is 0 Å². The molecule has 14 heteroatoms. The molecule has 0 aromatic heterocycles. The molecule has 2 aliphatic heterocycles. The Bertz CT molecular complexity index is 1180. The summed E-state index contributed by atoms with van der Waals surface area (Å²) in [5, 5.41) is 12.9. The van der Waals surface area contributed by atoms with Gasteiger partial charge in [0, 0.05) is 0 Å². The molecule has 2 amide bonds. The number of fused-ring (bicyclic) bond motifs is 2. The van der Waals surface area contributed by atoms with Crippen LogP contribution in [0, 0.1) is 11.8 Å². The summed E-state index contributed by atoms with van der Waals surface area (Å²) in [5.74, 6) is -6.43. The maximum absolute atomic E-state index is 11.8. The molecule has 39 heavy (non-hydrogen) atoms. The molecule has 2 heterocycles. The molecule has 4 N–H and O–H groups in total. The van der Waals surface area contributed by atoms with Crippen molar-refractivity contribution in [1.29, 1.82) is 0 Å². The van der Waals surface area contributed by atoms with Crippen molar-refractivity contribution in [2.75, 3.05) is 20.2 Å². The van der Waals surface area contributed by atoms with E-state index in [2.05, 4.69) is 15.4 Å². The van der Waals surface area contributed by atoms with Gasteiger partial charge in [-0.25, -0.2) is 0 Å². The van der Waals surface area contributed by atoms with E-state index in [-0.39, 0.29) is 30.9 Å². The molecular weight excluding hydrogens is 511 g/mol. The fourth-order valence-corrected chi connectivity index (χ4v) is 3.49. The van der Waals surface area contributed by atoms with Crippen molar-refractivity contribution in [1.82, 2.24) is 10.6 Å². The first-order valence-corrected chi connectivity index (χ1v) is 11.1. The van der Waals surface area contributed by atoms with Crippen molar-refractivity contribution < 1.29 is 72.4 Å². The predicted molar refractivity (Wildman–Crippen MR) is 127 cm³/mol. The van der Waals surface area contributed by atoms with E-state index in [1.807, 2.05) is 0 Å². The van der Waals surface area contributed by atoms with Crippen LogP contribution in [0.1, 0.15) is 0 Å². The first kappa shape index (κ1) is 32.8. The van der Waals surface area contributed by atoms with Crippen LogP contribution in [0.2, 0.25) is 0 Å². The van der Waals surface area contributed by atoms with Gasteiger partial charge in [0.1, 0.15) is 25.3 Å². The Hall–Kier alpha value is -4.18. The third kappa shape index (κ3) is 8.96. The molecule has 0 radical (unpaired) electrons. The molecule has 0 fully saturated rings. The number of esters is 3. The van der Waals surface area contributed by atoms with Crippen molar-refractivity contribution in [3.63, 3.8) is 0 Å². The topological polar surface area (TPSA) is 204 Å². The number of amides is 2. The Morgan fingerprint density at radius 1 is 0.821 bits per heavy atom. The zero-order valence-electron chi connectivity index (χ0n) is 21.1. The molecule has 0 saturated carbocycles. The van der Waals surface area contributed by atoms with Gasteiger partial charge in [-0.15, -0.1) is 0 Å². The molecule has 4 aliphatic rings.